The van der Waals surface area contributed by atoms with E-state index in [0.29, 0.717) is 5.69 Å². The fourth-order valence-corrected chi connectivity index (χ4v) is 3.44. The molecule has 174 valence electrons. The molecule has 0 aliphatic carbocycles. The number of pyridine rings is 3. The van der Waals surface area contributed by atoms with Gasteiger partial charge in [-0.3, -0.25) is 9.97 Å². The average Bonchev–Trinajstić information content (AvgIpc) is 2.83. The number of halogens is 3. The molecule has 1 aromatic carbocycles. The van der Waals surface area contributed by atoms with Crippen LogP contribution >= 0.6 is 0 Å². The third-order valence-electron chi connectivity index (χ3n) is 5.28. The van der Waals surface area contributed by atoms with Crippen LogP contribution in [0.5, 0.6) is 0 Å². The van der Waals surface area contributed by atoms with Gasteiger partial charge in [-0.1, -0.05) is 6.07 Å². The molecule has 4 aromatic rings. The summed E-state index contributed by atoms with van der Waals surface area (Å²) in [5.74, 6) is 0.641. The number of aliphatic hydroxyl groups is 1. The molecular weight excluding hydrogens is 445 g/mol. The largest absolute Gasteiger partial charge is 0.418 e. The van der Waals surface area contributed by atoms with E-state index in [4.69, 9.17) is 5.73 Å². The number of nitrogens with zero attached hydrogens (tertiary/aromatic N) is 4. The topological polar surface area (TPSA) is 109 Å². The van der Waals surface area contributed by atoms with Crippen molar-refractivity contribution in [2.24, 2.45) is 10.7 Å². The number of alkyl halides is 3. The first-order valence-electron chi connectivity index (χ1n) is 10.3. The standard InChI is InChI=1S/C24H21F3N6O/c1-13-3-4-17(33-23(28)20-8-14(5-6-30-20)22(34)24(25,26)27)9-18(13)15-7-16-12-32-21(29-2)10-19(16)31-11-15/h3-12,22,34H,1-2H3,(H2,28,33)(H,29,32)/t22-/m0/s1. The highest BCUT2D eigenvalue weighted by molar-refractivity contribution is 5.97. The van der Waals surface area contributed by atoms with E-state index in [0.717, 1.165) is 51.7 Å². The highest BCUT2D eigenvalue weighted by atomic mass is 19.4. The number of benzene rings is 1. The lowest BCUT2D eigenvalue weighted by Crippen LogP contribution is -2.21. The van der Waals surface area contributed by atoms with Crippen molar-refractivity contribution in [3.63, 3.8) is 0 Å². The zero-order valence-electron chi connectivity index (χ0n) is 18.3. The van der Waals surface area contributed by atoms with Gasteiger partial charge in [0.2, 0.25) is 0 Å². The molecule has 0 saturated carbocycles. The van der Waals surface area contributed by atoms with Gasteiger partial charge in [-0.05, 0) is 53.9 Å². The molecule has 34 heavy (non-hydrogen) atoms. The fourth-order valence-electron chi connectivity index (χ4n) is 3.44. The molecule has 3 aromatic heterocycles. The highest BCUT2D eigenvalue weighted by Gasteiger charge is 2.39. The number of fused-ring (bicyclic) bond motifs is 1. The van der Waals surface area contributed by atoms with Crippen molar-refractivity contribution in [3.05, 3.63) is 77.9 Å². The quantitative estimate of drug-likeness (QED) is 0.291. The minimum atomic E-state index is -4.80. The Morgan fingerprint density at radius 3 is 2.59 bits per heavy atom. The second-order valence-electron chi connectivity index (χ2n) is 7.65. The molecule has 0 spiro atoms. The lowest BCUT2D eigenvalue weighted by molar-refractivity contribution is -0.206. The maximum atomic E-state index is 12.8. The zero-order chi connectivity index (χ0) is 24.5. The number of anilines is 1. The van der Waals surface area contributed by atoms with Crippen LogP contribution in [0, 0.1) is 6.92 Å². The van der Waals surface area contributed by atoms with Gasteiger partial charge >= 0.3 is 6.18 Å². The summed E-state index contributed by atoms with van der Waals surface area (Å²) in [6, 6.07) is 11.4. The van der Waals surface area contributed by atoms with Gasteiger partial charge in [0.15, 0.2) is 6.10 Å². The zero-order valence-corrected chi connectivity index (χ0v) is 18.3. The Morgan fingerprint density at radius 2 is 1.85 bits per heavy atom. The number of hydrogen-bond acceptors (Lipinski definition) is 6. The Bertz CT molecular complexity index is 1390. The second-order valence-corrected chi connectivity index (χ2v) is 7.65. The number of hydrogen-bond donors (Lipinski definition) is 3. The molecule has 0 aliphatic heterocycles. The SMILES string of the molecule is CNc1cc2ncc(-c3cc(N=C(N)c4cc([C@H](O)C(F)(F)F)ccn4)ccc3C)cc2cn1. The van der Waals surface area contributed by atoms with E-state index in [1.54, 1.807) is 25.5 Å². The van der Waals surface area contributed by atoms with Gasteiger partial charge in [0.1, 0.15) is 17.3 Å². The van der Waals surface area contributed by atoms with Gasteiger partial charge in [-0.25, -0.2) is 9.98 Å². The number of aryl methyl sites for hydroxylation is 1. The Labute approximate surface area is 193 Å². The van der Waals surface area contributed by atoms with Crippen LogP contribution in [0.25, 0.3) is 22.0 Å². The first kappa shape index (κ1) is 23.1. The summed E-state index contributed by atoms with van der Waals surface area (Å²) in [5, 5.41) is 13.4. The van der Waals surface area contributed by atoms with E-state index in [9.17, 15) is 18.3 Å². The van der Waals surface area contributed by atoms with Crippen LogP contribution < -0.4 is 11.1 Å². The van der Waals surface area contributed by atoms with E-state index in [1.807, 2.05) is 31.2 Å². The monoisotopic (exact) mass is 466 g/mol. The third-order valence-corrected chi connectivity index (χ3v) is 5.28. The summed E-state index contributed by atoms with van der Waals surface area (Å²) >= 11 is 0. The van der Waals surface area contributed by atoms with Crippen LogP contribution in [0.15, 0.2) is 66.0 Å². The van der Waals surface area contributed by atoms with Gasteiger partial charge < -0.3 is 16.2 Å². The van der Waals surface area contributed by atoms with Gasteiger partial charge in [0.25, 0.3) is 0 Å². The molecule has 0 saturated heterocycles. The van der Waals surface area contributed by atoms with Crippen molar-refractivity contribution >= 4 is 28.2 Å². The van der Waals surface area contributed by atoms with Crippen LogP contribution in [0.3, 0.4) is 0 Å². The lowest BCUT2D eigenvalue weighted by Gasteiger charge is -2.15. The maximum absolute atomic E-state index is 12.8. The summed E-state index contributed by atoms with van der Waals surface area (Å²) in [6.45, 7) is 1.95. The van der Waals surface area contributed by atoms with Gasteiger partial charge in [0, 0.05) is 42.7 Å². The van der Waals surface area contributed by atoms with Crippen molar-refractivity contribution in [1.29, 1.82) is 0 Å². The van der Waals surface area contributed by atoms with Crippen LogP contribution in [0.2, 0.25) is 0 Å². The molecule has 0 fully saturated rings. The average molecular weight is 466 g/mol. The summed E-state index contributed by atoms with van der Waals surface area (Å²) in [6.07, 6.45) is -2.79. The highest BCUT2D eigenvalue weighted by Crippen LogP contribution is 2.33. The van der Waals surface area contributed by atoms with Crippen LogP contribution in [0.4, 0.5) is 24.7 Å². The van der Waals surface area contributed by atoms with E-state index < -0.39 is 12.3 Å². The summed E-state index contributed by atoms with van der Waals surface area (Å²) in [4.78, 5) is 17.2. The second kappa shape index (κ2) is 9.06. The van der Waals surface area contributed by atoms with Crippen LogP contribution in [-0.4, -0.2) is 39.1 Å². The maximum Gasteiger partial charge on any atom is 0.418 e. The van der Waals surface area contributed by atoms with Gasteiger partial charge in [0.05, 0.1) is 11.2 Å². The fraction of sp³-hybridized carbons (Fsp3) is 0.167. The number of rotatable bonds is 5. The van der Waals surface area contributed by atoms with Crippen molar-refractivity contribution in [1.82, 2.24) is 15.0 Å². The Kier molecular flexibility index (Phi) is 6.16. The third kappa shape index (κ3) is 4.81. The molecule has 10 heteroatoms. The number of aromatic nitrogens is 3. The first-order valence-corrected chi connectivity index (χ1v) is 10.3. The Balaban J connectivity index is 1.68. The van der Waals surface area contributed by atoms with E-state index in [2.05, 4.69) is 25.3 Å². The normalized spacial score (nSPS) is 13.2. The summed E-state index contributed by atoms with van der Waals surface area (Å²) in [7, 11) is 1.79. The smallest absolute Gasteiger partial charge is 0.382 e. The molecule has 4 rings (SSSR count). The number of aliphatic hydroxyl groups excluding tert-OH is 1. The molecule has 4 N–H and O–H groups in total. The first-order chi connectivity index (χ1) is 16.2. The van der Waals surface area contributed by atoms with E-state index >= 15 is 0 Å². The molecule has 0 unspecified atom stereocenters. The molecule has 3 heterocycles. The lowest BCUT2D eigenvalue weighted by atomic mass is 10.0. The Hall–Kier alpha value is -4.05. The molecule has 0 amide bonds. The molecule has 1 atom stereocenters. The molecular formula is C24H21F3N6O. The minimum Gasteiger partial charge on any atom is -0.382 e. The summed E-state index contributed by atoms with van der Waals surface area (Å²) in [5.41, 5.74) is 9.69. The number of aliphatic imine (C=N–C) groups is 1. The van der Waals surface area contributed by atoms with Gasteiger partial charge in [-0.15, -0.1) is 0 Å². The minimum absolute atomic E-state index is 0.0294. The Morgan fingerprint density at radius 1 is 1.06 bits per heavy atom. The van der Waals surface area contributed by atoms with Crippen LogP contribution in [-0.2, 0) is 0 Å². The number of nitrogens with one attached hydrogen (secondary N) is 1. The van der Waals surface area contributed by atoms with Crippen molar-refractivity contribution < 1.29 is 18.3 Å². The summed E-state index contributed by atoms with van der Waals surface area (Å²) < 4.78 is 38.5. The molecule has 7 nitrogen and oxygen atoms in total. The molecule has 0 bridgehead atoms. The van der Waals surface area contributed by atoms with E-state index in [-0.39, 0.29) is 17.1 Å². The molecule has 0 radical (unpaired) electrons. The number of nitrogens with two attached hydrogens (primary N) is 1. The van der Waals surface area contributed by atoms with Crippen molar-refractivity contribution in [2.75, 3.05) is 12.4 Å². The van der Waals surface area contributed by atoms with E-state index in [1.165, 1.54) is 0 Å². The number of amidine groups is 1. The molecule has 0 aliphatic rings. The van der Waals surface area contributed by atoms with Crippen LogP contribution in [0.1, 0.15) is 22.9 Å². The predicted molar refractivity (Wildman–Crippen MR) is 125 cm³/mol. The predicted octanol–water partition coefficient (Wildman–Crippen LogP) is 4.67. The van der Waals surface area contributed by atoms with Crippen molar-refractivity contribution in [3.8, 4) is 11.1 Å². The van der Waals surface area contributed by atoms with Crippen molar-refractivity contribution in [2.45, 2.75) is 19.2 Å². The van der Waals surface area contributed by atoms with Gasteiger partial charge in [-0.2, -0.15) is 13.2 Å².